The normalized spacial score (nSPS) is 22.6. The second kappa shape index (κ2) is 8.93. The fraction of sp³-hybridized carbons (Fsp3) is 0.435. The van der Waals surface area contributed by atoms with E-state index in [1.165, 1.54) is 0 Å². The molecule has 1 aliphatic carbocycles. The Hall–Kier alpha value is -3.13. The van der Waals surface area contributed by atoms with Crippen molar-refractivity contribution >= 4 is 17.8 Å². The number of carboxylic acids is 1. The van der Waals surface area contributed by atoms with E-state index in [9.17, 15) is 14.7 Å². The van der Waals surface area contributed by atoms with Crippen molar-refractivity contribution < 1.29 is 28.9 Å². The number of carboxylic acid groups (broad SMARTS) is 1. The van der Waals surface area contributed by atoms with Crippen LogP contribution in [0.3, 0.4) is 0 Å². The molecule has 1 saturated heterocycles. The zero-order chi connectivity index (χ0) is 21.8. The number of benzene rings is 1. The van der Waals surface area contributed by atoms with E-state index in [0.717, 1.165) is 24.5 Å². The van der Waals surface area contributed by atoms with Crippen LogP contribution in [0.25, 0.3) is 0 Å². The third-order valence-corrected chi connectivity index (χ3v) is 5.82. The lowest BCUT2D eigenvalue weighted by molar-refractivity contribution is -0.150. The molecule has 8 heteroatoms. The van der Waals surface area contributed by atoms with Gasteiger partial charge in [-0.15, -0.1) is 0 Å². The molecular formula is C23H26N2O6. The van der Waals surface area contributed by atoms with Gasteiger partial charge in [-0.05, 0) is 48.7 Å². The first-order valence-electron chi connectivity index (χ1n) is 10.5. The van der Waals surface area contributed by atoms with Gasteiger partial charge < -0.3 is 24.2 Å². The lowest BCUT2D eigenvalue weighted by Gasteiger charge is -2.28. The molecule has 2 fully saturated rings. The lowest BCUT2D eigenvalue weighted by Crippen LogP contribution is -2.36. The van der Waals surface area contributed by atoms with Crippen molar-refractivity contribution in [1.82, 2.24) is 4.98 Å². The molecule has 4 rings (SSSR count). The van der Waals surface area contributed by atoms with Crippen LogP contribution in [0.15, 0.2) is 42.6 Å². The van der Waals surface area contributed by atoms with Gasteiger partial charge in [-0.3, -0.25) is 9.59 Å². The molecule has 31 heavy (non-hydrogen) atoms. The molecule has 0 spiro atoms. The predicted octanol–water partition coefficient (Wildman–Crippen LogP) is 2.40. The Kier molecular flexibility index (Phi) is 6.08. The van der Waals surface area contributed by atoms with Crippen molar-refractivity contribution in [2.45, 2.75) is 25.4 Å². The molecule has 2 heterocycles. The van der Waals surface area contributed by atoms with E-state index >= 15 is 0 Å². The fourth-order valence-electron chi connectivity index (χ4n) is 4.01. The zero-order valence-electron chi connectivity index (χ0n) is 17.5. The summed E-state index contributed by atoms with van der Waals surface area (Å²) in [6.07, 6.45) is 2.03. The molecule has 1 aromatic carbocycles. The maximum atomic E-state index is 12.5. The highest BCUT2D eigenvalue weighted by molar-refractivity contribution is 5.95. The summed E-state index contributed by atoms with van der Waals surface area (Å²) in [5, 5.41) is 9.40. The Morgan fingerprint density at radius 1 is 1.23 bits per heavy atom. The molecule has 1 N–H and O–H groups in total. The minimum Gasteiger partial charge on any atom is -0.489 e. The van der Waals surface area contributed by atoms with E-state index in [0.29, 0.717) is 31.1 Å². The largest absolute Gasteiger partial charge is 0.489 e. The molecule has 2 aliphatic rings. The molecule has 164 valence electrons. The number of rotatable bonds is 8. The first kappa shape index (κ1) is 21.1. The Morgan fingerprint density at radius 3 is 2.61 bits per heavy atom. The molecule has 1 aliphatic heterocycles. The van der Waals surface area contributed by atoms with Crippen molar-refractivity contribution in [2.75, 3.05) is 37.8 Å². The maximum Gasteiger partial charge on any atom is 0.317 e. The molecule has 2 atom stereocenters. The number of aliphatic carboxylic acids is 1. The average molecular weight is 426 g/mol. The summed E-state index contributed by atoms with van der Waals surface area (Å²) in [7, 11) is 0. The van der Waals surface area contributed by atoms with E-state index in [1.807, 2.05) is 12.1 Å². The molecule has 1 aromatic heterocycles. The van der Waals surface area contributed by atoms with Crippen LogP contribution < -0.4 is 9.64 Å². The van der Waals surface area contributed by atoms with Crippen LogP contribution in [0, 0.1) is 5.92 Å². The number of esters is 1. The van der Waals surface area contributed by atoms with Gasteiger partial charge in [0.05, 0.1) is 25.7 Å². The number of aromatic nitrogens is 1. The Balaban J connectivity index is 1.42. The van der Waals surface area contributed by atoms with E-state index in [4.69, 9.17) is 14.2 Å². The number of nitrogens with zero attached hydrogens (tertiary/aromatic N) is 2. The number of hydrogen-bond acceptors (Lipinski definition) is 7. The molecule has 0 bridgehead atoms. The van der Waals surface area contributed by atoms with Gasteiger partial charge >= 0.3 is 11.9 Å². The van der Waals surface area contributed by atoms with Gasteiger partial charge in [-0.2, -0.15) is 0 Å². The van der Waals surface area contributed by atoms with Crippen LogP contribution in [0.2, 0.25) is 0 Å². The predicted molar refractivity (Wildman–Crippen MR) is 112 cm³/mol. The van der Waals surface area contributed by atoms with Crippen molar-refractivity contribution in [3.63, 3.8) is 0 Å². The minimum absolute atomic E-state index is 0.215. The van der Waals surface area contributed by atoms with Crippen molar-refractivity contribution in [2.24, 2.45) is 5.92 Å². The molecule has 0 radical (unpaired) electrons. The molecular weight excluding hydrogens is 400 g/mol. The van der Waals surface area contributed by atoms with Crippen LogP contribution >= 0.6 is 0 Å². The molecule has 1 saturated carbocycles. The topological polar surface area (TPSA) is 98.2 Å². The maximum absolute atomic E-state index is 12.5. The minimum atomic E-state index is -1.10. The number of morpholine rings is 1. The quantitative estimate of drug-likeness (QED) is 0.643. The summed E-state index contributed by atoms with van der Waals surface area (Å²) in [5.74, 6) is -0.677. The SMILES string of the molecule is CCOC(=O)[C@@]1(c2ccc(OCc3ccnc(N4CCOCC4)c3)cc2)C[C@@H]1C(=O)O. The van der Waals surface area contributed by atoms with Gasteiger partial charge in [0.15, 0.2) is 0 Å². The van der Waals surface area contributed by atoms with Crippen molar-refractivity contribution in [3.05, 3.63) is 53.7 Å². The molecule has 0 amide bonds. The third-order valence-electron chi connectivity index (χ3n) is 5.82. The van der Waals surface area contributed by atoms with Gasteiger partial charge in [0.25, 0.3) is 0 Å². The van der Waals surface area contributed by atoms with Gasteiger partial charge in [-0.1, -0.05) is 12.1 Å². The van der Waals surface area contributed by atoms with E-state index in [1.54, 1.807) is 37.4 Å². The number of ether oxygens (including phenoxy) is 3. The van der Waals surface area contributed by atoms with Crippen molar-refractivity contribution in [3.8, 4) is 5.75 Å². The van der Waals surface area contributed by atoms with E-state index in [-0.39, 0.29) is 13.0 Å². The monoisotopic (exact) mass is 426 g/mol. The van der Waals surface area contributed by atoms with Crippen LogP contribution in [0.5, 0.6) is 5.75 Å². The summed E-state index contributed by atoms with van der Waals surface area (Å²) < 4.78 is 16.4. The first-order valence-corrected chi connectivity index (χ1v) is 10.5. The lowest BCUT2D eigenvalue weighted by atomic mass is 9.93. The van der Waals surface area contributed by atoms with Crippen LogP contribution in [0.4, 0.5) is 5.82 Å². The Bertz CT molecular complexity index is 941. The highest BCUT2D eigenvalue weighted by Crippen LogP contribution is 2.55. The summed E-state index contributed by atoms with van der Waals surface area (Å²) in [5.41, 5.74) is 0.541. The van der Waals surface area contributed by atoms with Crippen molar-refractivity contribution in [1.29, 1.82) is 0 Å². The van der Waals surface area contributed by atoms with Crippen LogP contribution in [-0.2, 0) is 31.1 Å². The number of hydrogen-bond donors (Lipinski definition) is 1. The van der Waals surface area contributed by atoms with E-state index < -0.39 is 23.3 Å². The number of anilines is 1. The van der Waals surface area contributed by atoms with Crippen LogP contribution in [0.1, 0.15) is 24.5 Å². The second-order valence-corrected chi connectivity index (χ2v) is 7.72. The number of carbonyl (C=O) groups excluding carboxylic acids is 1. The average Bonchev–Trinajstić information content (AvgIpc) is 3.57. The molecule has 8 nitrogen and oxygen atoms in total. The third kappa shape index (κ3) is 4.34. The fourth-order valence-corrected chi connectivity index (χ4v) is 4.01. The summed E-state index contributed by atoms with van der Waals surface area (Å²) in [6, 6.07) is 10.9. The summed E-state index contributed by atoms with van der Waals surface area (Å²) in [6.45, 7) is 5.34. The van der Waals surface area contributed by atoms with Gasteiger partial charge in [0.1, 0.15) is 23.6 Å². The zero-order valence-corrected chi connectivity index (χ0v) is 17.5. The first-order chi connectivity index (χ1) is 15.0. The summed E-state index contributed by atoms with van der Waals surface area (Å²) in [4.78, 5) is 30.6. The highest BCUT2D eigenvalue weighted by Gasteiger charge is 2.66. The van der Waals surface area contributed by atoms with Crippen LogP contribution in [-0.4, -0.2) is 54.9 Å². The Morgan fingerprint density at radius 2 is 1.97 bits per heavy atom. The highest BCUT2D eigenvalue weighted by atomic mass is 16.5. The smallest absolute Gasteiger partial charge is 0.317 e. The summed E-state index contributed by atoms with van der Waals surface area (Å²) >= 11 is 0. The van der Waals surface area contributed by atoms with E-state index in [2.05, 4.69) is 9.88 Å². The van der Waals surface area contributed by atoms with Gasteiger partial charge in [0.2, 0.25) is 0 Å². The van der Waals surface area contributed by atoms with Gasteiger partial charge in [-0.25, -0.2) is 4.98 Å². The molecule has 0 unspecified atom stereocenters. The Labute approximate surface area is 180 Å². The number of pyridine rings is 1. The van der Waals surface area contributed by atoms with Gasteiger partial charge in [0, 0.05) is 19.3 Å². The standard InChI is InChI=1S/C23H26N2O6/c1-2-30-22(28)23(14-19(23)21(26)27)17-3-5-18(6-4-17)31-15-16-7-8-24-20(13-16)25-9-11-29-12-10-25/h3-8,13,19H,2,9-12,14-15H2,1H3,(H,26,27)/t19-,23-/m1/s1. The second-order valence-electron chi connectivity index (χ2n) is 7.72. The number of carbonyl (C=O) groups is 2. The molecule has 2 aromatic rings.